The van der Waals surface area contributed by atoms with Gasteiger partial charge < -0.3 is 28.8 Å². The molecule has 3 unspecified atom stereocenters. The number of quaternary nitrogens is 1. The minimum Gasteiger partial charge on any atom is -0.756 e. The quantitative estimate of drug-likeness (QED) is 0.0272. The lowest BCUT2D eigenvalue weighted by atomic mass is 10.0. The molecule has 0 aliphatic carbocycles. The average molecular weight is 1290 g/mol. The van der Waals surface area contributed by atoms with Crippen LogP contribution in [0.1, 0.15) is 354 Å². The van der Waals surface area contributed by atoms with Gasteiger partial charge in [-0.2, -0.15) is 0 Å². The number of hydrogen-bond donors (Lipinski definition) is 2. The Morgan fingerprint density at radius 3 is 0.978 bits per heavy atom. The van der Waals surface area contributed by atoms with Gasteiger partial charge in [0, 0.05) is 6.42 Å². The van der Waals surface area contributed by atoms with Crippen molar-refractivity contribution in [3.63, 3.8) is 0 Å². The van der Waals surface area contributed by atoms with Crippen LogP contribution in [-0.2, 0) is 18.4 Å². The summed E-state index contributed by atoms with van der Waals surface area (Å²) < 4.78 is 23.6. The molecule has 0 radical (unpaired) electrons. The maximum Gasteiger partial charge on any atom is 0.268 e. The Labute approximate surface area is 565 Å². The number of unbranched alkanes of at least 4 members (excludes halogenated alkanes) is 40. The number of hydrogen-bond acceptors (Lipinski definition) is 6. The number of phosphoric acid groups is 1. The van der Waals surface area contributed by atoms with E-state index in [1.165, 1.54) is 225 Å². The fourth-order valence-electron chi connectivity index (χ4n) is 11.3. The van der Waals surface area contributed by atoms with Crippen LogP contribution in [0.15, 0.2) is 109 Å². The first kappa shape index (κ1) is 88.2. The minimum absolute atomic E-state index is 0.00692. The molecule has 91 heavy (non-hydrogen) atoms. The number of likely N-dealkylation sites (N-methyl/N-ethyl adjacent to an activating group) is 1. The molecule has 0 aromatic carbocycles. The number of allylic oxidation sites excluding steroid dienone is 18. The van der Waals surface area contributed by atoms with E-state index in [-0.39, 0.29) is 19.1 Å². The third-order valence-corrected chi connectivity index (χ3v) is 18.2. The number of carbonyl (C=O) groups excluding carboxylic acids is 1. The summed E-state index contributed by atoms with van der Waals surface area (Å²) in [6, 6.07) is -0.814. The highest BCUT2D eigenvalue weighted by Gasteiger charge is 2.24. The highest BCUT2D eigenvalue weighted by atomic mass is 31.2. The molecule has 0 heterocycles. The van der Waals surface area contributed by atoms with Gasteiger partial charge in [0.1, 0.15) is 13.2 Å². The number of nitrogens with zero attached hydrogens (tertiary/aromatic N) is 1. The topological polar surface area (TPSA) is 108 Å². The van der Waals surface area contributed by atoms with Gasteiger partial charge in [0.05, 0.1) is 39.9 Å². The van der Waals surface area contributed by atoms with Gasteiger partial charge in [0.15, 0.2) is 0 Å². The fraction of sp³-hybridized carbons (Fsp3) is 0.768. The Morgan fingerprint density at radius 2 is 0.670 bits per heavy atom. The fourth-order valence-corrected chi connectivity index (χ4v) is 12.1. The number of aliphatic hydroxyl groups is 1. The number of phosphoric ester groups is 1. The van der Waals surface area contributed by atoms with Crippen molar-refractivity contribution in [1.29, 1.82) is 0 Å². The molecule has 0 rings (SSSR count). The molecule has 0 spiro atoms. The third-order valence-electron chi connectivity index (χ3n) is 17.3. The first-order valence-electron chi connectivity index (χ1n) is 38.7. The standard InChI is InChI=1S/C82H149N2O6P/c1-6-8-10-12-14-16-18-20-22-24-26-28-30-32-34-36-38-40-41-42-43-44-46-48-50-52-54-56-58-60-62-64-66-68-70-72-74-76-82(86)83-80(79-90-91(87,88)89-78-77-84(3,4)5)81(85)75-73-71-69-67-65-63-61-59-57-55-53-51-49-47-45-39-37-35-33-31-29-27-25-23-21-19-17-15-13-11-9-7-2/h8,10,14,16,20,22,26,28,32,34,38,40,42-43,46,48,52,54,80-81,85H,6-7,9,11-13,15,17-19,21,23-25,27,29-31,33,35-37,39,41,44-45,47,49-51,53,55-79H2,1-5H3,(H-,83,86,87,88)/b10-8-,16-14-,22-20-,28-26-,34-32-,40-38-,43-42-,48-46-,54-52-. The van der Waals surface area contributed by atoms with Gasteiger partial charge in [-0.05, 0) is 83.5 Å². The monoisotopic (exact) mass is 1290 g/mol. The van der Waals surface area contributed by atoms with E-state index in [1.54, 1.807) is 0 Å². The van der Waals surface area contributed by atoms with Crippen LogP contribution >= 0.6 is 7.82 Å². The Bertz CT molecular complexity index is 1860. The zero-order valence-electron chi connectivity index (χ0n) is 60.5. The van der Waals surface area contributed by atoms with Crippen molar-refractivity contribution in [2.45, 2.75) is 366 Å². The first-order valence-corrected chi connectivity index (χ1v) is 40.2. The van der Waals surface area contributed by atoms with Crippen LogP contribution in [0.25, 0.3) is 0 Å². The summed E-state index contributed by atoms with van der Waals surface area (Å²) in [4.78, 5) is 25.7. The smallest absolute Gasteiger partial charge is 0.268 e. The van der Waals surface area contributed by atoms with Gasteiger partial charge in [-0.3, -0.25) is 9.36 Å². The van der Waals surface area contributed by atoms with Gasteiger partial charge in [-0.15, -0.1) is 0 Å². The first-order chi connectivity index (χ1) is 44.5. The molecule has 3 atom stereocenters. The Balaban J connectivity index is 4.04. The molecule has 1 amide bonds. The van der Waals surface area contributed by atoms with Crippen molar-refractivity contribution < 1.29 is 32.9 Å². The lowest BCUT2D eigenvalue weighted by Crippen LogP contribution is -2.46. The van der Waals surface area contributed by atoms with Crippen molar-refractivity contribution in [1.82, 2.24) is 5.32 Å². The molecule has 528 valence electrons. The highest BCUT2D eigenvalue weighted by Crippen LogP contribution is 2.38. The molecule has 9 heteroatoms. The van der Waals surface area contributed by atoms with Crippen LogP contribution in [0.3, 0.4) is 0 Å². The molecule has 0 aliphatic rings. The molecular formula is C82H149N2O6P. The highest BCUT2D eigenvalue weighted by molar-refractivity contribution is 7.45. The normalized spacial score (nSPS) is 14.1. The van der Waals surface area contributed by atoms with Crippen LogP contribution in [-0.4, -0.2) is 68.5 Å². The predicted octanol–water partition coefficient (Wildman–Crippen LogP) is 24.8. The molecule has 2 N–H and O–H groups in total. The Hall–Kier alpha value is -2.84. The molecule has 0 aliphatic heterocycles. The van der Waals surface area contributed by atoms with Crippen LogP contribution in [0.5, 0.6) is 0 Å². The zero-order valence-corrected chi connectivity index (χ0v) is 61.4. The van der Waals surface area contributed by atoms with E-state index in [2.05, 4.69) is 129 Å². The summed E-state index contributed by atoms with van der Waals surface area (Å²) >= 11 is 0. The summed E-state index contributed by atoms with van der Waals surface area (Å²) in [5, 5.41) is 14.1. The third kappa shape index (κ3) is 74.4. The number of nitrogens with one attached hydrogen (secondary N) is 1. The van der Waals surface area contributed by atoms with Crippen LogP contribution in [0.4, 0.5) is 0 Å². The predicted molar refractivity (Wildman–Crippen MR) is 399 cm³/mol. The van der Waals surface area contributed by atoms with E-state index < -0.39 is 20.0 Å². The lowest BCUT2D eigenvalue weighted by Gasteiger charge is -2.30. The molecular weight excluding hydrogens is 1140 g/mol. The average Bonchev–Trinajstić information content (AvgIpc) is 3.42. The van der Waals surface area contributed by atoms with Crippen molar-refractivity contribution in [3.05, 3.63) is 109 Å². The van der Waals surface area contributed by atoms with Gasteiger partial charge >= 0.3 is 0 Å². The van der Waals surface area contributed by atoms with Crippen LogP contribution < -0.4 is 10.2 Å². The van der Waals surface area contributed by atoms with Crippen molar-refractivity contribution in [2.75, 3.05) is 40.9 Å². The number of amides is 1. The van der Waals surface area contributed by atoms with Crippen molar-refractivity contribution >= 4 is 13.7 Å². The van der Waals surface area contributed by atoms with Crippen molar-refractivity contribution in [3.8, 4) is 0 Å². The molecule has 0 aromatic rings. The van der Waals surface area contributed by atoms with E-state index in [9.17, 15) is 19.4 Å². The minimum atomic E-state index is -4.59. The molecule has 0 saturated carbocycles. The van der Waals surface area contributed by atoms with Gasteiger partial charge in [-0.1, -0.05) is 374 Å². The van der Waals surface area contributed by atoms with E-state index in [0.29, 0.717) is 23.9 Å². The van der Waals surface area contributed by atoms with E-state index in [1.807, 2.05) is 21.1 Å². The Kier molecular flexibility index (Phi) is 69.2. The van der Waals surface area contributed by atoms with Crippen molar-refractivity contribution in [2.24, 2.45) is 0 Å². The Morgan fingerprint density at radius 1 is 0.396 bits per heavy atom. The lowest BCUT2D eigenvalue weighted by molar-refractivity contribution is -0.870. The second-order valence-electron chi connectivity index (χ2n) is 27.3. The second kappa shape index (κ2) is 71.5. The number of carbonyl (C=O) groups is 1. The summed E-state index contributed by atoms with van der Waals surface area (Å²) in [7, 11) is 1.30. The van der Waals surface area contributed by atoms with Crippen LogP contribution in [0, 0.1) is 0 Å². The maximum atomic E-state index is 13.1. The van der Waals surface area contributed by atoms with E-state index >= 15 is 0 Å². The molecule has 0 bridgehead atoms. The summed E-state index contributed by atoms with van der Waals surface area (Å²) in [6.45, 7) is 4.64. The van der Waals surface area contributed by atoms with Gasteiger partial charge in [-0.25, -0.2) is 0 Å². The summed E-state index contributed by atoms with van der Waals surface area (Å²) in [5.41, 5.74) is 0. The molecule has 0 saturated heterocycles. The number of rotatable bonds is 71. The largest absolute Gasteiger partial charge is 0.756 e. The summed E-state index contributed by atoms with van der Waals surface area (Å²) in [6.07, 6.45) is 105. The zero-order chi connectivity index (χ0) is 66.2. The van der Waals surface area contributed by atoms with Crippen LogP contribution in [0.2, 0.25) is 0 Å². The molecule has 0 aromatic heterocycles. The van der Waals surface area contributed by atoms with Gasteiger partial charge in [0.25, 0.3) is 7.82 Å². The maximum absolute atomic E-state index is 13.1. The summed E-state index contributed by atoms with van der Waals surface area (Å²) in [5.74, 6) is -0.170. The van der Waals surface area contributed by atoms with E-state index in [4.69, 9.17) is 9.05 Å². The molecule has 0 fully saturated rings. The second-order valence-corrected chi connectivity index (χ2v) is 28.7. The number of aliphatic hydroxyl groups excluding tert-OH is 1. The molecule has 8 nitrogen and oxygen atoms in total. The van der Waals surface area contributed by atoms with E-state index in [0.717, 1.165) is 103 Å². The van der Waals surface area contributed by atoms with Gasteiger partial charge in [0.2, 0.25) is 5.91 Å². The SMILES string of the molecule is CC/C=C\C/C=C\C/C=C\C/C=C\C/C=C\C/C=C\C/C=C\C/C=C\C/C=C\CCCCCCCCCCCC(=O)NC(COP(=O)([O-])OCC[N+](C)(C)C)C(O)CCCCCCCCCCCCCCCCCCCCCCCCCCCCCCCCCC.